The quantitative estimate of drug-likeness (QED) is 0.462. The number of rotatable bonds is 0. The predicted octanol–water partition coefficient (Wildman–Crippen LogP) is -0.0160. The van der Waals surface area contributed by atoms with E-state index in [4.69, 9.17) is 9.90 Å². The molecular weight excluding hydrogens is 199 g/mol. The third-order valence-corrected chi connectivity index (χ3v) is 0.681. The summed E-state index contributed by atoms with van der Waals surface area (Å²) in [5.41, 5.74) is -0.0532. The Kier molecular flexibility index (Phi) is 10.4. The maximum Gasteiger partial charge on any atom is 0.247 e. The standard InChI is InChI=1S/C5H5NO.CHO2.Zn/c7-5-3-1-2-4-6-5;2-1-3;/h1-4H,(H,6,7);(H,2,3);/q;-1;. The third kappa shape index (κ3) is 9.04. The van der Waals surface area contributed by atoms with Gasteiger partial charge in [-0.15, -0.1) is 0 Å². The first kappa shape index (κ1) is 12.7. The van der Waals surface area contributed by atoms with Gasteiger partial charge in [0.05, 0.1) is 0 Å². The molecule has 56 valence electrons. The molecule has 11 heavy (non-hydrogen) atoms. The summed E-state index contributed by atoms with van der Waals surface area (Å²) in [4.78, 5) is 20.9. The topological polar surface area (TPSA) is 70.2 Å². The van der Waals surface area contributed by atoms with Crippen molar-refractivity contribution in [2.75, 3.05) is 0 Å². The average molecular weight is 206 g/mol. The van der Waals surface area contributed by atoms with Crippen LogP contribution in [0.4, 0.5) is 0 Å². The molecule has 0 aliphatic heterocycles. The molecule has 0 spiro atoms. The SMILES string of the molecule is O=[C-]O.O=c1cccc[nH]1.[Zn]. The van der Waals surface area contributed by atoms with Crippen molar-refractivity contribution in [1.82, 2.24) is 4.98 Å². The molecule has 0 saturated heterocycles. The summed E-state index contributed by atoms with van der Waals surface area (Å²) in [5.74, 6) is 0. The molecule has 0 aliphatic carbocycles. The van der Waals surface area contributed by atoms with Crippen molar-refractivity contribution in [1.29, 1.82) is 0 Å². The Labute approximate surface area is 76.0 Å². The van der Waals surface area contributed by atoms with Crippen LogP contribution in [0.15, 0.2) is 29.2 Å². The Morgan fingerprint density at radius 1 is 1.45 bits per heavy atom. The Bertz CT molecular complexity index is 218. The van der Waals surface area contributed by atoms with E-state index in [1.54, 1.807) is 18.3 Å². The van der Waals surface area contributed by atoms with Gasteiger partial charge in [0, 0.05) is 31.7 Å². The molecule has 1 aromatic heterocycles. The monoisotopic (exact) mass is 204 g/mol. The molecule has 0 aromatic carbocycles. The van der Waals surface area contributed by atoms with Crippen LogP contribution in [-0.2, 0) is 24.3 Å². The van der Waals surface area contributed by atoms with Crippen molar-refractivity contribution in [2.45, 2.75) is 0 Å². The van der Waals surface area contributed by atoms with Crippen molar-refractivity contribution in [3.05, 3.63) is 34.7 Å². The van der Waals surface area contributed by atoms with Crippen molar-refractivity contribution in [3.8, 4) is 0 Å². The van der Waals surface area contributed by atoms with E-state index in [2.05, 4.69) is 4.98 Å². The van der Waals surface area contributed by atoms with Crippen molar-refractivity contribution in [2.24, 2.45) is 0 Å². The van der Waals surface area contributed by atoms with Crippen LogP contribution in [0.25, 0.3) is 0 Å². The van der Waals surface area contributed by atoms with Gasteiger partial charge in [-0.25, -0.2) is 0 Å². The molecule has 1 aromatic rings. The molecule has 0 radical (unpaired) electrons. The van der Waals surface area contributed by atoms with Crippen LogP contribution in [-0.4, -0.2) is 16.6 Å². The molecule has 2 N–H and O–H groups in total. The summed E-state index contributed by atoms with van der Waals surface area (Å²) in [6, 6.07) is 4.93. The maximum absolute atomic E-state index is 10.2. The van der Waals surface area contributed by atoms with Crippen LogP contribution in [0, 0.1) is 0 Å². The van der Waals surface area contributed by atoms with Crippen LogP contribution in [0.1, 0.15) is 0 Å². The second-order valence-electron chi connectivity index (χ2n) is 1.32. The summed E-state index contributed by atoms with van der Waals surface area (Å²) in [7, 11) is 0. The second-order valence-corrected chi connectivity index (χ2v) is 1.32. The predicted molar refractivity (Wildman–Crippen MR) is 35.4 cm³/mol. The Hall–Kier alpha value is -0.957. The van der Waals surface area contributed by atoms with Gasteiger partial charge in [0.15, 0.2) is 0 Å². The van der Waals surface area contributed by atoms with E-state index in [0.717, 1.165) is 0 Å². The van der Waals surface area contributed by atoms with E-state index >= 15 is 0 Å². The van der Waals surface area contributed by atoms with E-state index in [0.29, 0.717) is 6.47 Å². The molecule has 1 heterocycles. The Morgan fingerprint density at radius 3 is 2.18 bits per heavy atom. The normalized spacial score (nSPS) is 6.55. The number of hydrogen-bond acceptors (Lipinski definition) is 2. The molecule has 0 fully saturated rings. The number of hydrogen-bond donors (Lipinski definition) is 2. The molecule has 0 bridgehead atoms. The summed E-state index contributed by atoms with van der Waals surface area (Å²) < 4.78 is 0. The summed E-state index contributed by atoms with van der Waals surface area (Å²) in [6.07, 6.45) is 1.60. The molecular formula is C6H6NO3Zn-. The van der Waals surface area contributed by atoms with Gasteiger partial charge in [0.2, 0.25) is 5.56 Å². The number of pyridine rings is 1. The summed E-state index contributed by atoms with van der Waals surface area (Å²) >= 11 is 0. The largest absolute Gasteiger partial charge is 0.665 e. The first-order valence-electron chi connectivity index (χ1n) is 2.46. The fraction of sp³-hybridized carbons (Fsp3) is 0. The third-order valence-electron chi connectivity index (χ3n) is 0.681. The summed E-state index contributed by atoms with van der Waals surface area (Å²) in [5, 5.41) is 6.76. The van der Waals surface area contributed by atoms with E-state index in [9.17, 15) is 4.79 Å². The minimum atomic E-state index is -0.0532. The zero-order chi connectivity index (χ0) is 7.82. The number of H-pyrrole nitrogens is 1. The number of aromatic amines is 1. The van der Waals surface area contributed by atoms with Crippen LogP contribution < -0.4 is 5.56 Å². The maximum atomic E-state index is 10.2. The van der Waals surface area contributed by atoms with Gasteiger partial charge in [-0.3, -0.25) is 4.79 Å². The molecule has 4 nitrogen and oxygen atoms in total. The minimum absolute atomic E-state index is 0. The number of nitrogens with one attached hydrogen (secondary N) is 1. The van der Waals surface area contributed by atoms with Gasteiger partial charge in [0.25, 0.3) is 0 Å². The van der Waals surface area contributed by atoms with Crippen molar-refractivity contribution in [3.63, 3.8) is 0 Å². The fourth-order valence-electron chi connectivity index (χ4n) is 0.377. The van der Waals surface area contributed by atoms with Gasteiger partial charge < -0.3 is 14.9 Å². The average Bonchev–Trinajstić information content (AvgIpc) is 1.91. The Balaban J connectivity index is 0. The van der Waals surface area contributed by atoms with Gasteiger partial charge >= 0.3 is 0 Å². The second kappa shape index (κ2) is 9.04. The van der Waals surface area contributed by atoms with Crippen molar-refractivity contribution < 1.29 is 29.4 Å². The van der Waals surface area contributed by atoms with Crippen LogP contribution in [0.3, 0.4) is 0 Å². The molecule has 0 saturated carbocycles. The summed E-state index contributed by atoms with van der Waals surface area (Å²) in [6.45, 7) is 0.500. The number of aromatic nitrogens is 1. The van der Waals surface area contributed by atoms with Crippen molar-refractivity contribution >= 4 is 6.47 Å². The van der Waals surface area contributed by atoms with E-state index in [1.807, 2.05) is 0 Å². The zero-order valence-electron chi connectivity index (χ0n) is 5.78. The smallest absolute Gasteiger partial charge is 0.247 e. The molecule has 5 heteroatoms. The minimum Gasteiger partial charge on any atom is -0.665 e. The molecule has 0 aliphatic rings. The van der Waals surface area contributed by atoms with Gasteiger partial charge in [-0.05, 0) is 6.07 Å². The number of aliphatic hydroxyl groups excluding tert-OH is 1. The van der Waals surface area contributed by atoms with Gasteiger partial charge in [-0.2, -0.15) is 0 Å². The van der Waals surface area contributed by atoms with E-state index < -0.39 is 0 Å². The fourth-order valence-corrected chi connectivity index (χ4v) is 0.377. The first-order valence-corrected chi connectivity index (χ1v) is 2.46. The molecule has 0 unspecified atom stereocenters. The molecule has 0 amide bonds. The van der Waals surface area contributed by atoms with E-state index in [1.165, 1.54) is 6.07 Å². The molecule has 1 rings (SSSR count). The van der Waals surface area contributed by atoms with Gasteiger partial charge in [-0.1, -0.05) is 12.5 Å². The Morgan fingerprint density at radius 2 is 2.00 bits per heavy atom. The zero-order valence-corrected chi connectivity index (χ0v) is 8.75. The van der Waals surface area contributed by atoms with Gasteiger partial charge in [0.1, 0.15) is 0 Å². The van der Waals surface area contributed by atoms with Crippen LogP contribution >= 0.6 is 0 Å². The van der Waals surface area contributed by atoms with E-state index in [-0.39, 0.29) is 25.0 Å². The van der Waals surface area contributed by atoms with Crippen LogP contribution in [0.2, 0.25) is 0 Å². The van der Waals surface area contributed by atoms with Crippen LogP contribution in [0.5, 0.6) is 0 Å². The first-order chi connectivity index (χ1) is 4.81. The molecule has 0 atom stereocenters.